The molecule has 0 aliphatic rings. The smallest absolute Gasteiger partial charge is 0.241 e. The van der Waals surface area contributed by atoms with Gasteiger partial charge in [-0.3, -0.25) is 0 Å². The van der Waals surface area contributed by atoms with Crippen LogP contribution in [-0.2, 0) is 16.4 Å². The summed E-state index contributed by atoms with van der Waals surface area (Å²) >= 11 is 6.24. The van der Waals surface area contributed by atoms with Gasteiger partial charge in [0.25, 0.3) is 0 Å². The summed E-state index contributed by atoms with van der Waals surface area (Å²) in [6.07, 6.45) is 2.11. The molecule has 21 heavy (non-hydrogen) atoms. The van der Waals surface area contributed by atoms with E-state index in [-0.39, 0.29) is 10.9 Å². The van der Waals surface area contributed by atoms with Gasteiger partial charge >= 0.3 is 0 Å². The van der Waals surface area contributed by atoms with Gasteiger partial charge in [0.15, 0.2) is 0 Å². The van der Waals surface area contributed by atoms with Crippen LogP contribution in [0.2, 0.25) is 0 Å². The Morgan fingerprint density at radius 1 is 1.43 bits per heavy atom. The number of sulfonamides is 1. The molecule has 5 nitrogen and oxygen atoms in total. The third-order valence-corrected chi connectivity index (χ3v) is 5.42. The van der Waals surface area contributed by atoms with E-state index in [1.807, 2.05) is 5.38 Å². The molecule has 3 N–H and O–H groups in total. The monoisotopic (exact) mass is 341 g/mol. The number of thiocarbonyl (C=S) groups is 1. The van der Waals surface area contributed by atoms with E-state index in [0.717, 1.165) is 10.6 Å². The summed E-state index contributed by atoms with van der Waals surface area (Å²) in [6, 6.07) is 6.14. The molecule has 0 spiro atoms. The molecule has 0 radical (unpaired) electrons. The number of aromatic nitrogens is 1. The first-order valence-electron chi connectivity index (χ1n) is 6.17. The van der Waals surface area contributed by atoms with Crippen molar-refractivity contribution in [1.29, 1.82) is 0 Å². The van der Waals surface area contributed by atoms with Gasteiger partial charge in [-0.25, -0.2) is 18.1 Å². The van der Waals surface area contributed by atoms with Gasteiger partial charge in [-0.15, -0.1) is 11.3 Å². The molecule has 1 atom stereocenters. The zero-order valence-corrected chi connectivity index (χ0v) is 13.8. The van der Waals surface area contributed by atoms with Crippen molar-refractivity contribution >= 4 is 38.6 Å². The van der Waals surface area contributed by atoms with Crippen molar-refractivity contribution in [2.75, 3.05) is 0 Å². The molecule has 1 heterocycles. The summed E-state index contributed by atoms with van der Waals surface area (Å²) in [4.78, 5) is 4.69. The molecule has 2 rings (SSSR count). The highest BCUT2D eigenvalue weighted by Crippen LogP contribution is 2.19. The first-order chi connectivity index (χ1) is 9.88. The van der Waals surface area contributed by atoms with Crippen LogP contribution in [0.5, 0.6) is 0 Å². The van der Waals surface area contributed by atoms with Crippen molar-refractivity contribution in [3.05, 3.63) is 46.4 Å². The van der Waals surface area contributed by atoms with Gasteiger partial charge in [0, 0.05) is 18.0 Å². The summed E-state index contributed by atoms with van der Waals surface area (Å²) in [6.45, 7) is 1.76. The first kappa shape index (κ1) is 16.0. The third kappa shape index (κ3) is 4.31. The van der Waals surface area contributed by atoms with E-state index in [1.54, 1.807) is 37.4 Å². The molecule has 0 saturated heterocycles. The van der Waals surface area contributed by atoms with Gasteiger partial charge in [-0.2, -0.15) is 0 Å². The van der Waals surface area contributed by atoms with E-state index >= 15 is 0 Å². The number of hydrogen-bond donors (Lipinski definition) is 2. The third-order valence-electron chi connectivity index (χ3n) is 2.77. The second-order valence-corrected chi connectivity index (χ2v) is 7.66. The van der Waals surface area contributed by atoms with Crippen molar-refractivity contribution in [3.63, 3.8) is 0 Å². The van der Waals surface area contributed by atoms with Crippen molar-refractivity contribution in [2.24, 2.45) is 5.73 Å². The van der Waals surface area contributed by atoms with E-state index in [1.165, 1.54) is 11.3 Å². The molecule has 0 saturated carbocycles. The van der Waals surface area contributed by atoms with Gasteiger partial charge in [0.05, 0.1) is 15.9 Å². The van der Waals surface area contributed by atoms with Gasteiger partial charge in [-0.1, -0.05) is 24.4 Å². The number of nitrogens with zero attached hydrogens (tertiary/aromatic N) is 1. The number of rotatable bonds is 6. The summed E-state index contributed by atoms with van der Waals surface area (Å²) in [5.74, 6) is 0. The molecule has 0 aliphatic carbocycles. The number of nitrogens with one attached hydrogen (secondary N) is 1. The second-order valence-electron chi connectivity index (χ2n) is 4.50. The van der Waals surface area contributed by atoms with Crippen LogP contribution in [0.1, 0.15) is 23.5 Å². The minimum absolute atomic E-state index is 0.206. The van der Waals surface area contributed by atoms with E-state index in [0.29, 0.717) is 11.4 Å². The number of thiazole rings is 1. The predicted molar refractivity (Wildman–Crippen MR) is 87.8 cm³/mol. The van der Waals surface area contributed by atoms with Crippen LogP contribution in [0, 0.1) is 0 Å². The summed E-state index contributed by atoms with van der Waals surface area (Å²) in [5.41, 5.74) is 6.35. The van der Waals surface area contributed by atoms with Crippen LogP contribution < -0.4 is 10.5 Å². The van der Waals surface area contributed by atoms with E-state index < -0.39 is 10.0 Å². The topological polar surface area (TPSA) is 85.1 Å². The van der Waals surface area contributed by atoms with Gasteiger partial charge < -0.3 is 5.73 Å². The van der Waals surface area contributed by atoms with Crippen LogP contribution in [0.3, 0.4) is 0 Å². The maximum absolute atomic E-state index is 12.3. The molecule has 1 aromatic carbocycles. The predicted octanol–water partition coefficient (Wildman–Crippen LogP) is 2.01. The normalized spacial score (nSPS) is 13.0. The van der Waals surface area contributed by atoms with Crippen LogP contribution in [0.15, 0.2) is 40.7 Å². The Morgan fingerprint density at radius 3 is 2.62 bits per heavy atom. The Bertz CT molecular complexity index is 710. The lowest BCUT2D eigenvalue weighted by Gasteiger charge is -2.12. The molecule has 0 aliphatic heterocycles. The SMILES string of the molecule is CC(NS(=O)(=O)c1ccc(CC(N)=S)cc1)c1nccs1. The fraction of sp³-hybridized carbons (Fsp3) is 0.231. The van der Waals surface area contributed by atoms with Crippen LogP contribution >= 0.6 is 23.6 Å². The van der Waals surface area contributed by atoms with Crippen LogP contribution in [0.4, 0.5) is 0 Å². The summed E-state index contributed by atoms with van der Waals surface area (Å²) in [5, 5.41) is 2.54. The quantitative estimate of drug-likeness (QED) is 0.785. The average Bonchev–Trinajstić information content (AvgIpc) is 2.92. The first-order valence-corrected chi connectivity index (χ1v) is 8.94. The fourth-order valence-electron chi connectivity index (χ4n) is 1.79. The highest BCUT2D eigenvalue weighted by atomic mass is 32.2. The minimum atomic E-state index is -3.58. The minimum Gasteiger partial charge on any atom is -0.393 e. The molecular weight excluding hydrogens is 326 g/mol. The lowest BCUT2D eigenvalue weighted by Crippen LogP contribution is -2.26. The van der Waals surface area contributed by atoms with Gasteiger partial charge in [-0.05, 0) is 24.6 Å². The second kappa shape index (κ2) is 6.61. The van der Waals surface area contributed by atoms with E-state index in [4.69, 9.17) is 18.0 Å². The highest BCUT2D eigenvalue weighted by molar-refractivity contribution is 7.89. The molecule has 0 amide bonds. The molecule has 1 aromatic heterocycles. The average molecular weight is 341 g/mol. The number of hydrogen-bond acceptors (Lipinski definition) is 5. The molecule has 8 heteroatoms. The molecule has 1 unspecified atom stereocenters. The lowest BCUT2D eigenvalue weighted by atomic mass is 10.1. The Labute approximate surface area is 133 Å². The van der Waals surface area contributed by atoms with Gasteiger partial charge in [0.2, 0.25) is 10.0 Å². The van der Waals surface area contributed by atoms with Crippen molar-refractivity contribution < 1.29 is 8.42 Å². The van der Waals surface area contributed by atoms with E-state index in [2.05, 4.69) is 9.71 Å². The summed E-state index contributed by atoms with van der Waals surface area (Å²) < 4.78 is 27.2. The molecule has 2 aromatic rings. The largest absolute Gasteiger partial charge is 0.393 e. The molecule has 0 fully saturated rings. The molecular formula is C13H15N3O2S3. The summed E-state index contributed by atoms with van der Waals surface area (Å²) in [7, 11) is -3.58. The van der Waals surface area contributed by atoms with Crippen molar-refractivity contribution in [1.82, 2.24) is 9.71 Å². The van der Waals surface area contributed by atoms with Crippen LogP contribution in [0.25, 0.3) is 0 Å². The van der Waals surface area contributed by atoms with Gasteiger partial charge in [0.1, 0.15) is 5.01 Å². The number of benzene rings is 1. The fourth-order valence-corrected chi connectivity index (χ4v) is 3.88. The maximum atomic E-state index is 12.3. The van der Waals surface area contributed by atoms with Crippen molar-refractivity contribution in [2.45, 2.75) is 24.3 Å². The lowest BCUT2D eigenvalue weighted by molar-refractivity contribution is 0.566. The Hall–Kier alpha value is -1.35. The Balaban J connectivity index is 2.14. The maximum Gasteiger partial charge on any atom is 0.241 e. The van der Waals surface area contributed by atoms with Crippen LogP contribution in [-0.4, -0.2) is 18.4 Å². The zero-order chi connectivity index (χ0) is 15.5. The van der Waals surface area contributed by atoms with Crippen molar-refractivity contribution in [3.8, 4) is 0 Å². The molecule has 112 valence electrons. The Kier molecular flexibility index (Phi) is 5.04. The zero-order valence-electron chi connectivity index (χ0n) is 11.3. The van der Waals surface area contributed by atoms with E-state index in [9.17, 15) is 8.42 Å². The number of nitrogens with two attached hydrogens (primary N) is 1. The highest BCUT2D eigenvalue weighted by Gasteiger charge is 2.19. The standard InChI is InChI=1S/C13H15N3O2S3/c1-9(13-15-6-7-20-13)16-21(17,18)11-4-2-10(3-5-11)8-12(14)19/h2-7,9,16H,8H2,1H3,(H2,14,19). The Morgan fingerprint density at radius 2 is 2.10 bits per heavy atom. The molecule has 0 bridgehead atoms.